The van der Waals surface area contributed by atoms with Gasteiger partial charge in [-0.25, -0.2) is 4.98 Å². The van der Waals surface area contributed by atoms with E-state index in [2.05, 4.69) is 36.6 Å². The van der Waals surface area contributed by atoms with E-state index in [4.69, 9.17) is 4.98 Å². The van der Waals surface area contributed by atoms with Gasteiger partial charge in [0, 0.05) is 18.8 Å². The molecule has 1 aliphatic heterocycles. The van der Waals surface area contributed by atoms with Crippen LogP contribution in [-0.4, -0.2) is 37.3 Å². The topological polar surface area (TPSA) is 57.2 Å². The fourth-order valence-electron chi connectivity index (χ4n) is 3.03. The van der Waals surface area contributed by atoms with Crippen molar-refractivity contribution in [3.8, 4) is 0 Å². The first kappa shape index (κ1) is 21.9. The van der Waals surface area contributed by atoms with E-state index in [9.17, 15) is 5.11 Å². The van der Waals surface area contributed by atoms with Crippen molar-refractivity contribution in [3.05, 3.63) is 23.4 Å². The van der Waals surface area contributed by atoms with Gasteiger partial charge in [0.25, 0.3) is 0 Å². The fraction of sp³-hybridized carbons (Fsp3) is 0.762. The van der Waals surface area contributed by atoms with Crippen LogP contribution in [0.4, 0.5) is 5.82 Å². The zero-order valence-electron chi connectivity index (χ0n) is 16.8. The predicted octanol–water partition coefficient (Wildman–Crippen LogP) is 4.18. The lowest BCUT2D eigenvalue weighted by Crippen LogP contribution is -2.16. The molecular formula is C21H39N3O. The van der Waals surface area contributed by atoms with Crippen molar-refractivity contribution in [2.75, 3.05) is 32.6 Å². The largest absolute Gasteiger partial charge is 0.396 e. The first-order valence-corrected chi connectivity index (χ1v) is 9.94. The Morgan fingerprint density at radius 1 is 1.12 bits per heavy atom. The Morgan fingerprint density at radius 3 is 2.52 bits per heavy atom. The maximum Gasteiger partial charge on any atom is 0.129 e. The number of aliphatic hydroxyl groups is 1. The number of nitrogens with zero attached hydrogens (tertiary/aromatic N) is 1. The van der Waals surface area contributed by atoms with E-state index in [1.807, 2.05) is 14.1 Å². The second-order valence-electron chi connectivity index (χ2n) is 7.93. The van der Waals surface area contributed by atoms with Gasteiger partial charge in [0.1, 0.15) is 5.82 Å². The molecule has 4 heteroatoms. The number of aliphatic hydroxyl groups excluding tert-OH is 1. The zero-order chi connectivity index (χ0) is 18.5. The molecule has 0 saturated carbocycles. The Balaban J connectivity index is 0.000000970. The van der Waals surface area contributed by atoms with E-state index < -0.39 is 0 Å². The molecule has 0 saturated heterocycles. The van der Waals surface area contributed by atoms with Crippen LogP contribution in [0.2, 0.25) is 0 Å². The Labute approximate surface area is 154 Å². The maximum absolute atomic E-state index is 9.23. The number of unbranched alkanes of at least 4 members (excludes halogenated alkanes) is 4. The van der Waals surface area contributed by atoms with Gasteiger partial charge in [-0.3, -0.25) is 0 Å². The van der Waals surface area contributed by atoms with E-state index in [-0.39, 0.29) is 5.41 Å². The summed E-state index contributed by atoms with van der Waals surface area (Å²) in [4.78, 5) is 4.75. The highest BCUT2D eigenvalue weighted by atomic mass is 16.3. The second kappa shape index (κ2) is 12.3. The van der Waals surface area contributed by atoms with Crippen LogP contribution < -0.4 is 10.6 Å². The first-order chi connectivity index (χ1) is 12.0. The van der Waals surface area contributed by atoms with Crippen LogP contribution in [-0.2, 0) is 12.8 Å². The number of nitrogens with one attached hydrogen (secondary N) is 2. The van der Waals surface area contributed by atoms with Crippen LogP contribution in [0.15, 0.2) is 12.1 Å². The molecule has 144 valence electrons. The fourth-order valence-corrected chi connectivity index (χ4v) is 3.03. The van der Waals surface area contributed by atoms with Gasteiger partial charge >= 0.3 is 0 Å². The zero-order valence-corrected chi connectivity index (χ0v) is 16.8. The van der Waals surface area contributed by atoms with E-state index >= 15 is 0 Å². The van der Waals surface area contributed by atoms with Crippen molar-refractivity contribution in [2.24, 2.45) is 5.41 Å². The third kappa shape index (κ3) is 9.22. The molecule has 1 aromatic rings. The molecule has 0 aliphatic carbocycles. The number of rotatable bonds is 9. The lowest BCUT2D eigenvalue weighted by Gasteiger charge is -2.20. The number of hydrogen-bond acceptors (Lipinski definition) is 4. The highest BCUT2D eigenvalue weighted by molar-refractivity contribution is 5.46. The molecule has 1 aliphatic rings. The van der Waals surface area contributed by atoms with Crippen LogP contribution in [0.25, 0.3) is 0 Å². The van der Waals surface area contributed by atoms with Gasteiger partial charge in [0.15, 0.2) is 0 Å². The van der Waals surface area contributed by atoms with Crippen molar-refractivity contribution in [3.63, 3.8) is 0 Å². The number of fused-ring (bicyclic) bond motifs is 1. The van der Waals surface area contributed by atoms with Gasteiger partial charge in [-0.2, -0.15) is 0 Å². The van der Waals surface area contributed by atoms with Crippen molar-refractivity contribution in [2.45, 2.75) is 71.6 Å². The second-order valence-corrected chi connectivity index (χ2v) is 7.93. The highest BCUT2D eigenvalue weighted by Gasteiger charge is 2.15. The van der Waals surface area contributed by atoms with Gasteiger partial charge in [0.05, 0.1) is 0 Å². The Hall–Kier alpha value is -1.13. The van der Waals surface area contributed by atoms with Crippen LogP contribution in [0.1, 0.15) is 70.1 Å². The van der Waals surface area contributed by atoms with Crippen LogP contribution in [0.3, 0.4) is 0 Å². The molecule has 0 unspecified atom stereocenters. The Bertz CT molecular complexity index is 474. The lowest BCUT2D eigenvalue weighted by atomic mass is 9.88. The first-order valence-electron chi connectivity index (χ1n) is 9.94. The molecule has 0 amide bonds. The summed E-state index contributed by atoms with van der Waals surface area (Å²) in [6, 6.07) is 4.45. The molecule has 0 fully saturated rings. The van der Waals surface area contributed by atoms with E-state index in [0.717, 1.165) is 25.2 Å². The minimum Gasteiger partial charge on any atom is -0.396 e. The average Bonchev–Trinajstić information content (AvgIpc) is 2.61. The number of aryl methyl sites for hydroxylation is 2. The molecule has 2 heterocycles. The van der Waals surface area contributed by atoms with E-state index in [1.165, 1.54) is 56.2 Å². The molecule has 25 heavy (non-hydrogen) atoms. The summed E-state index contributed by atoms with van der Waals surface area (Å²) >= 11 is 0. The van der Waals surface area contributed by atoms with Crippen LogP contribution >= 0.6 is 0 Å². The summed E-state index contributed by atoms with van der Waals surface area (Å²) in [5, 5.41) is 15.4. The normalized spacial score (nSPS) is 13.5. The summed E-state index contributed by atoms with van der Waals surface area (Å²) in [7, 11) is 3.75. The van der Waals surface area contributed by atoms with Crippen molar-refractivity contribution < 1.29 is 5.11 Å². The minimum absolute atomic E-state index is 0.0973. The monoisotopic (exact) mass is 349 g/mol. The number of aromatic nitrogens is 1. The Morgan fingerprint density at radius 2 is 1.80 bits per heavy atom. The van der Waals surface area contributed by atoms with Gasteiger partial charge in [0.2, 0.25) is 0 Å². The molecule has 0 bridgehead atoms. The minimum atomic E-state index is 0.0973. The van der Waals surface area contributed by atoms with Crippen LogP contribution in [0.5, 0.6) is 0 Å². The lowest BCUT2D eigenvalue weighted by molar-refractivity contribution is 0.147. The molecule has 0 atom stereocenters. The van der Waals surface area contributed by atoms with Gasteiger partial charge < -0.3 is 15.7 Å². The third-order valence-corrected chi connectivity index (χ3v) is 4.67. The van der Waals surface area contributed by atoms with Crippen molar-refractivity contribution in [1.29, 1.82) is 0 Å². The van der Waals surface area contributed by atoms with Gasteiger partial charge in [-0.1, -0.05) is 45.6 Å². The average molecular weight is 350 g/mol. The Kier molecular flexibility index (Phi) is 10.7. The SMILES string of the molecule is CC(C)(CO)CCCCCCCc1ccc2c(n1)NCCC2.CNC. The summed E-state index contributed by atoms with van der Waals surface area (Å²) in [6.45, 7) is 5.64. The molecular weight excluding hydrogens is 310 g/mol. The summed E-state index contributed by atoms with van der Waals surface area (Å²) < 4.78 is 0. The standard InChI is InChI=1S/C19H32N2O.C2H7N/c1-19(2,15-22)13-7-5-3-4-6-10-17-12-11-16-9-8-14-20-18(16)21-17;1-3-2/h11-12,22H,3-10,13-15H2,1-2H3,(H,20,21);3H,1-2H3. The smallest absolute Gasteiger partial charge is 0.129 e. The molecule has 0 spiro atoms. The van der Waals surface area contributed by atoms with E-state index in [1.54, 1.807) is 0 Å². The summed E-state index contributed by atoms with van der Waals surface area (Å²) in [5.41, 5.74) is 2.70. The summed E-state index contributed by atoms with van der Waals surface area (Å²) in [6.07, 6.45) is 10.9. The maximum atomic E-state index is 9.23. The molecule has 0 radical (unpaired) electrons. The number of pyridine rings is 1. The summed E-state index contributed by atoms with van der Waals surface area (Å²) in [5.74, 6) is 1.12. The molecule has 2 rings (SSSR count). The quantitative estimate of drug-likeness (QED) is 0.586. The number of hydrogen-bond donors (Lipinski definition) is 3. The van der Waals surface area contributed by atoms with Gasteiger partial charge in [-0.05, 0) is 63.2 Å². The highest BCUT2D eigenvalue weighted by Crippen LogP contribution is 2.23. The van der Waals surface area contributed by atoms with Crippen molar-refractivity contribution in [1.82, 2.24) is 10.3 Å². The molecule has 1 aromatic heterocycles. The number of anilines is 1. The van der Waals surface area contributed by atoms with Crippen LogP contribution in [0, 0.1) is 5.41 Å². The third-order valence-electron chi connectivity index (χ3n) is 4.67. The predicted molar refractivity (Wildman–Crippen MR) is 108 cm³/mol. The molecule has 0 aromatic carbocycles. The van der Waals surface area contributed by atoms with Crippen molar-refractivity contribution >= 4 is 5.82 Å². The van der Waals surface area contributed by atoms with Gasteiger partial charge in [-0.15, -0.1) is 0 Å². The molecule has 4 nitrogen and oxygen atoms in total. The molecule has 3 N–H and O–H groups in total. The van der Waals surface area contributed by atoms with E-state index in [0.29, 0.717) is 6.61 Å².